The summed E-state index contributed by atoms with van der Waals surface area (Å²) in [7, 11) is 0. The highest BCUT2D eigenvalue weighted by Crippen LogP contribution is 2.23. The average Bonchev–Trinajstić information content (AvgIpc) is 2.22. The molecule has 1 aromatic rings. The molecular weight excluding hydrogens is 222 g/mol. The monoisotopic (exact) mass is 237 g/mol. The minimum absolute atomic E-state index is 0.0274. The molecule has 3 nitrogen and oxygen atoms in total. The summed E-state index contributed by atoms with van der Waals surface area (Å²) in [4.78, 5) is 0. The van der Waals surface area contributed by atoms with Crippen molar-refractivity contribution in [3.63, 3.8) is 0 Å². The predicted octanol–water partition coefficient (Wildman–Crippen LogP) is 2.50. The molecule has 0 saturated heterocycles. The van der Waals surface area contributed by atoms with Gasteiger partial charge in [-0.2, -0.15) is 0 Å². The van der Waals surface area contributed by atoms with Crippen LogP contribution in [-0.2, 0) is 6.54 Å². The molecule has 0 fully saturated rings. The summed E-state index contributed by atoms with van der Waals surface area (Å²) >= 11 is 6.21. The first kappa shape index (κ1) is 12.6. The van der Waals surface area contributed by atoms with Crippen molar-refractivity contribution in [3.05, 3.63) is 46.1 Å². The molecule has 0 amide bonds. The largest absolute Gasteiger partial charge is 0.387 e. The highest BCUT2D eigenvalue weighted by atomic mass is 35.5. The lowest BCUT2D eigenvalue weighted by molar-refractivity contribution is 0.861. The van der Waals surface area contributed by atoms with Gasteiger partial charge in [0.05, 0.1) is 0 Å². The molecule has 0 aliphatic heterocycles. The summed E-state index contributed by atoms with van der Waals surface area (Å²) in [5.41, 5.74) is 8.49. The molecule has 0 atom stereocenters. The Kier molecular flexibility index (Phi) is 4.38. The molecule has 16 heavy (non-hydrogen) atoms. The summed E-state index contributed by atoms with van der Waals surface area (Å²) in [6.45, 7) is 4.64. The number of halogens is 1. The van der Waals surface area contributed by atoms with E-state index in [-0.39, 0.29) is 5.84 Å². The van der Waals surface area contributed by atoms with Gasteiger partial charge in [0.2, 0.25) is 0 Å². The quantitative estimate of drug-likeness (QED) is 0.557. The minimum atomic E-state index is 0.0274. The van der Waals surface area contributed by atoms with E-state index >= 15 is 0 Å². The molecule has 1 rings (SSSR count). The van der Waals surface area contributed by atoms with Crippen molar-refractivity contribution in [2.75, 3.05) is 0 Å². The van der Waals surface area contributed by atoms with E-state index in [4.69, 9.17) is 22.7 Å². The van der Waals surface area contributed by atoms with Crippen molar-refractivity contribution in [2.24, 2.45) is 5.73 Å². The topological polar surface area (TPSA) is 61.9 Å². The van der Waals surface area contributed by atoms with E-state index in [2.05, 4.69) is 5.32 Å². The zero-order chi connectivity index (χ0) is 12.1. The normalized spacial score (nSPS) is 10.7. The highest BCUT2D eigenvalue weighted by Gasteiger charge is 2.05. The van der Waals surface area contributed by atoms with Gasteiger partial charge in [0, 0.05) is 17.8 Å². The lowest BCUT2D eigenvalue weighted by atomic mass is 10.1. The molecule has 0 aliphatic carbocycles. The number of amidine groups is 1. The van der Waals surface area contributed by atoms with Crippen LogP contribution in [0.3, 0.4) is 0 Å². The Balaban J connectivity index is 2.74. The first-order valence-electron chi connectivity index (χ1n) is 5.01. The summed E-state index contributed by atoms with van der Waals surface area (Å²) in [6.07, 6.45) is 3.15. The summed E-state index contributed by atoms with van der Waals surface area (Å²) in [6, 6.07) is 4.06. The number of rotatable bonds is 4. The van der Waals surface area contributed by atoms with Crippen LogP contribution < -0.4 is 11.1 Å². The Labute approximate surface area is 101 Å². The molecule has 0 radical (unpaired) electrons. The molecule has 4 N–H and O–H groups in total. The van der Waals surface area contributed by atoms with Crippen molar-refractivity contribution in [2.45, 2.75) is 20.4 Å². The highest BCUT2D eigenvalue weighted by molar-refractivity contribution is 6.32. The van der Waals surface area contributed by atoms with Crippen LogP contribution in [0.4, 0.5) is 0 Å². The second-order valence-electron chi connectivity index (χ2n) is 3.66. The van der Waals surface area contributed by atoms with Gasteiger partial charge < -0.3 is 11.1 Å². The third-order valence-electron chi connectivity index (χ3n) is 2.33. The second kappa shape index (κ2) is 5.56. The molecule has 0 aromatic heterocycles. The van der Waals surface area contributed by atoms with E-state index in [9.17, 15) is 0 Å². The molecule has 4 heteroatoms. The van der Waals surface area contributed by atoms with Crippen LogP contribution in [0, 0.1) is 19.3 Å². The molecule has 0 unspecified atom stereocenters. The van der Waals surface area contributed by atoms with Gasteiger partial charge in [-0.05, 0) is 36.6 Å². The van der Waals surface area contributed by atoms with Crippen molar-refractivity contribution < 1.29 is 0 Å². The fourth-order valence-electron chi connectivity index (χ4n) is 1.36. The van der Waals surface area contributed by atoms with Gasteiger partial charge in [0.15, 0.2) is 0 Å². The van der Waals surface area contributed by atoms with Crippen molar-refractivity contribution >= 4 is 17.4 Å². The first-order chi connectivity index (χ1) is 7.52. The minimum Gasteiger partial charge on any atom is -0.387 e. The van der Waals surface area contributed by atoms with Crippen LogP contribution in [0.2, 0.25) is 5.02 Å². The fourth-order valence-corrected chi connectivity index (χ4v) is 1.64. The summed E-state index contributed by atoms with van der Waals surface area (Å²) in [5, 5.41) is 10.9. The summed E-state index contributed by atoms with van der Waals surface area (Å²) < 4.78 is 0. The molecule has 0 saturated carbocycles. The van der Waals surface area contributed by atoms with E-state index in [1.165, 1.54) is 6.08 Å². The van der Waals surface area contributed by atoms with Gasteiger partial charge in [-0.3, -0.25) is 5.41 Å². The molecule has 0 aliphatic rings. The smallest absolute Gasteiger partial charge is 0.116 e. The predicted molar refractivity (Wildman–Crippen MR) is 68.8 cm³/mol. The van der Waals surface area contributed by atoms with Crippen LogP contribution >= 0.6 is 11.6 Å². The van der Waals surface area contributed by atoms with Crippen LogP contribution in [0.25, 0.3) is 0 Å². The number of hydrogen-bond donors (Lipinski definition) is 3. The molecule has 1 aromatic carbocycles. The Morgan fingerprint density at radius 3 is 2.69 bits per heavy atom. The van der Waals surface area contributed by atoms with Crippen LogP contribution in [-0.4, -0.2) is 5.84 Å². The Morgan fingerprint density at radius 2 is 2.06 bits per heavy atom. The van der Waals surface area contributed by atoms with Crippen molar-refractivity contribution in [1.29, 1.82) is 5.41 Å². The Morgan fingerprint density at radius 1 is 1.44 bits per heavy atom. The SMILES string of the molecule is Cc1ccc(C)c(CN/C=C\C(=N)N)c1Cl. The van der Waals surface area contributed by atoms with E-state index in [0.29, 0.717) is 6.54 Å². The lowest BCUT2D eigenvalue weighted by Gasteiger charge is -2.10. The van der Waals surface area contributed by atoms with Gasteiger partial charge >= 0.3 is 0 Å². The Hall–Kier alpha value is -1.48. The van der Waals surface area contributed by atoms with Gasteiger partial charge in [0.1, 0.15) is 5.84 Å². The van der Waals surface area contributed by atoms with E-state index in [1.807, 2.05) is 26.0 Å². The standard InChI is InChI=1S/C12H16ClN3/c1-8-3-4-9(2)12(13)10(8)7-16-6-5-11(14)15/h3-6,16H,7H2,1-2H3,(H3,14,15)/b6-5-. The van der Waals surface area contributed by atoms with Gasteiger partial charge in [0.25, 0.3) is 0 Å². The first-order valence-corrected chi connectivity index (χ1v) is 5.38. The average molecular weight is 238 g/mol. The van der Waals surface area contributed by atoms with Crippen molar-refractivity contribution in [1.82, 2.24) is 5.32 Å². The maximum atomic E-state index is 7.02. The van der Waals surface area contributed by atoms with Gasteiger partial charge in [-0.1, -0.05) is 23.7 Å². The molecule has 0 bridgehead atoms. The number of nitrogens with one attached hydrogen (secondary N) is 2. The summed E-state index contributed by atoms with van der Waals surface area (Å²) in [5.74, 6) is 0.0274. The van der Waals surface area contributed by atoms with Crippen LogP contribution in [0.5, 0.6) is 0 Å². The lowest BCUT2D eigenvalue weighted by Crippen LogP contribution is -2.10. The number of hydrogen-bond acceptors (Lipinski definition) is 2. The third-order valence-corrected chi connectivity index (χ3v) is 2.86. The molecule has 0 spiro atoms. The van der Waals surface area contributed by atoms with Crippen molar-refractivity contribution in [3.8, 4) is 0 Å². The molecular formula is C12H16ClN3. The second-order valence-corrected chi connectivity index (χ2v) is 4.04. The zero-order valence-corrected chi connectivity index (χ0v) is 10.2. The van der Waals surface area contributed by atoms with E-state index < -0.39 is 0 Å². The number of aryl methyl sites for hydroxylation is 2. The van der Waals surface area contributed by atoms with Gasteiger partial charge in [-0.25, -0.2) is 0 Å². The third kappa shape index (κ3) is 3.28. The zero-order valence-electron chi connectivity index (χ0n) is 9.47. The number of nitrogens with two attached hydrogens (primary N) is 1. The maximum absolute atomic E-state index is 7.02. The van der Waals surface area contributed by atoms with E-state index in [1.54, 1.807) is 6.20 Å². The maximum Gasteiger partial charge on any atom is 0.116 e. The molecule has 0 heterocycles. The van der Waals surface area contributed by atoms with Crippen LogP contribution in [0.1, 0.15) is 16.7 Å². The van der Waals surface area contributed by atoms with Crippen LogP contribution in [0.15, 0.2) is 24.4 Å². The Bertz CT molecular complexity index is 425. The fraction of sp³-hybridized carbons (Fsp3) is 0.250. The number of benzene rings is 1. The molecule has 86 valence electrons. The van der Waals surface area contributed by atoms with Gasteiger partial charge in [-0.15, -0.1) is 0 Å². The van der Waals surface area contributed by atoms with E-state index in [0.717, 1.165) is 21.7 Å².